The number of hydrogen-bond donors (Lipinski definition) is 2. The predicted octanol–water partition coefficient (Wildman–Crippen LogP) is 3.85. The Balaban J connectivity index is 2.24. The summed E-state index contributed by atoms with van der Waals surface area (Å²) in [5, 5.41) is 2.69. The molecule has 0 fully saturated rings. The van der Waals surface area contributed by atoms with E-state index in [9.17, 15) is 17.6 Å². The highest BCUT2D eigenvalue weighted by atomic mass is 32.2. The lowest BCUT2D eigenvalue weighted by molar-refractivity contribution is 0.102. The van der Waals surface area contributed by atoms with Gasteiger partial charge in [-0.05, 0) is 55.7 Å². The van der Waals surface area contributed by atoms with Crippen LogP contribution in [0.15, 0.2) is 36.4 Å². The van der Waals surface area contributed by atoms with E-state index in [-0.39, 0.29) is 11.3 Å². The smallest absolute Gasteiger partial charge is 0.255 e. The fourth-order valence-electron chi connectivity index (χ4n) is 2.30. The zero-order valence-electron chi connectivity index (χ0n) is 14.4. The Morgan fingerprint density at radius 1 is 1.12 bits per heavy atom. The van der Waals surface area contributed by atoms with Gasteiger partial charge in [-0.3, -0.25) is 9.52 Å². The summed E-state index contributed by atoms with van der Waals surface area (Å²) in [5.74, 6) is -0.896. The van der Waals surface area contributed by atoms with E-state index in [0.29, 0.717) is 28.9 Å². The summed E-state index contributed by atoms with van der Waals surface area (Å²) < 4.78 is 40.0. The normalized spacial score (nSPS) is 11.2. The second kappa shape index (κ2) is 7.65. The van der Waals surface area contributed by atoms with Crippen LogP contribution >= 0.6 is 0 Å². The summed E-state index contributed by atoms with van der Waals surface area (Å²) in [6.45, 7) is 5.10. The Morgan fingerprint density at radius 2 is 1.80 bits per heavy atom. The largest absolute Gasteiger partial charge is 0.322 e. The molecule has 25 heavy (non-hydrogen) atoms. The topological polar surface area (TPSA) is 75.3 Å². The van der Waals surface area contributed by atoms with Gasteiger partial charge in [0.15, 0.2) is 0 Å². The molecule has 0 aliphatic carbocycles. The van der Waals surface area contributed by atoms with Gasteiger partial charge < -0.3 is 5.32 Å². The Kier molecular flexibility index (Phi) is 5.79. The van der Waals surface area contributed by atoms with Crippen LogP contribution in [-0.4, -0.2) is 20.1 Å². The third kappa shape index (κ3) is 4.79. The number of benzene rings is 2. The second-order valence-electron chi connectivity index (χ2n) is 5.82. The molecule has 0 unspecified atom stereocenters. The van der Waals surface area contributed by atoms with Crippen molar-refractivity contribution in [3.63, 3.8) is 0 Å². The molecule has 134 valence electrons. The Morgan fingerprint density at radius 3 is 2.44 bits per heavy atom. The van der Waals surface area contributed by atoms with Crippen molar-refractivity contribution in [3.8, 4) is 0 Å². The summed E-state index contributed by atoms with van der Waals surface area (Å²) in [7, 11) is -3.43. The predicted molar refractivity (Wildman–Crippen MR) is 98.0 cm³/mol. The van der Waals surface area contributed by atoms with Gasteiger partial charge in [-0.2, -0.15) is 0 Å². The first-order valence-electron chi connectivity index (χ1n) is 7.91. The Hall–Kier alpha value is -2.41. The first-order valence-corrected chi connectivity index (χ1v) is 9.56. The minimum atomic E-state index is -3.43. The minimum absolute atomic E-state index is 0.0195. The maximum atomic E-state index is 13.6. The zero-order valence-corrected chi connectivity index (χ0v) is 15.2. The van der Waals surface area contributed by atoms with Crippen LogP contribution in [0.4, 0.5) is 15.8 Å². The number of halogens is 1. The van der Waals surface area contributed by atoms with E-state index in [1.165, 1.54) is 18.2 Å². The van der Waals surface area contributed by atoms with Gasteiger partial charge >= 0.3 is 0 Å². The molecule has 1 amide bonds. The minimum Gasteiger partial charge on any atom is -0.322 e. The number of nitrogens with one attached hydrogen (secondary N) is 2. The third-order valence-electron chi connectivity index (χ3n) is 3.75. The van der Waals surface area contributed by atoms with Crippen LogP contribution in [0.5, 0.6) is 0 Å². The van der Waals surface area contributed by atoms with E-state index >= 15 is 0 Å². The van der Waals surface area contributed by atoms with Crippen molar-refractivity contribution < 1.29 is 17.6 Å². The molecule has 0 aliphatic rings. The van der Waals surface area contributed by atoms with Crippen molar-refractivity contribution in [3.05, 3.63) is 58.9 Å². The monoisotopic (exact) mass is 364 g/mol. The van der Waals surface area contributed by atoms with Crippen molar-refractivity contribution in [1.82, 2.24) is 0 Å². The molecular formula is C18H21FN2O3S. The molecule has 2 aromatic carbocycles. The van der Waals surface area contributed by atoms with Crippen LogP contribution in [0.2, 0.25) is 0 Å². The third-order valence-corrected chi connectivity index (χ3v) is 5.23. The molecule has 0 spiro atoms. The lowest BCUT2D eigenvalue weighted by atomic mass is 10.1. The molecule has 0 bridgehead atoms. The fourth-order valence-corrected chi connectivity index (χ4v) is 3.49. The van der Waals surface area contributed by atoms with Crippen LogP contribution in [0.3, 0.4) is 0 Å². The van der Waals surface area contributed by atoms with E-state index < -0.39 is 21.7 Å². The quantitative estimate of drug-likeness (QED) is 0.817. The van der Waals surface area contributed by atoms with Crippen molar-refractivity contribution in [2.45, 2.75) is 27.2 Å². The van der Waals surface area contributed by atoms with E-state index in [4.69, 9.17) is 0 Å². The molecule has 0 heterocycles. The van der Waals surface area contributed by atoms with Gasteiger partial charge in [-0.1, -0.05) is 19.1 Å². The molecule has 0 saturated carbocycles. The van der Waals surface area contributed by atoms with Crippen molar-refractivity contribution in [1.29, 1.82) is 0 Å². The first kappa shape index (κ1) is 18.9. The molecule has 7 heteroatoms. The van der Waals surface area contributed by atoms with Gasteiger partial charge in [-0.15, -0.1) is 0 Å². The van der Waals surface area contributed by atoms with Crippen molar-refractivity contribution in [2.75, 3.05) is 15.8 Å². The SMILES string of the molecule is CCCS(=O)(=O)Nc1cccc(NC(=O)c2ccc(C)c(F)c2)c1C. The molecule has 0 radical (unpaired) electrons. The molecule has 0 saturated heterocycles. The molecular weight excluding hydrogens is 343 g/mol. The zero-order chi connectivity index (χ0) is 18.6. The molecule has 0 aromatic heterocycles. The van der Waals surface area contributed by atoms with Crippen LogP contribution in [0, 0.1) is 19.7 Å². The summed E-state index contributed by atoms with van der Waals surface area (Å²) in [6, 6.07) is 9.18. The Labute approximate surface area is 147 Å². The highest BCUT2D eigenvalue weighted by molar-refractivity contribution is 7.92. The van der Waals surface area contributed by atoms with E-state index in [1.807, 2.05) is 0 Å². The van der Waals surface area contributed by atoms with E-state index in [0.717, 1.165) is 0 Å². The highest BCUT2D eigenvalue weighted by Crippen LogP contribution is 2.25. The summed E-state index contributed by atoms with van der Waals surface area (Å²) in [5.41, 5.74) is 2.10. The standard InChI is InChI=1S/C18H21FN2O3S/c1-4-10-25(23,24)21-17-7-5-6-16(13(17)3)20-18(22)14-9-8-12(2)15(19)11-14/h5-9,11,21H,4,10H2,1-3H3,(H,20,22). The lowest BCUT2D eigenvalue weighted by Crippen LogP contribution is -2.18. The number of hydrogen-bond acceptors (Lipinski definition) is 3. The van der Waals surface area contributed by atoms with Crippen LogP contribution in [0.25, 0.3) is 0 Å². The van der Waals surface area contributed by atoms with Gasteiger partial charge in [0, 0.05) is 11.3 Å². The van der Waals surface area contributed by atoms with E-state index in [2.05, 4.69) is 10.0 Å². The van der Waals surface area contributed by atoms with Gasteiger partial charge in [0.05, 0.1) is 11.4 Å². The highest BCUT2D eigenvalue weighted by Gasteiger charge is 2.14. The van der Waals surface area contributed by atoms with Crippen LogP contribution in [-0.2, 0) is 10.0 Å². The molecule has 5 nitrogen and oxygen atoms in total. The first-order chi connectivity index (χ1) is 11.7. The number of carbonyl (C=O) groups is 1. The van der Waals surface area contributed by atoms with Gasteiger partial charge in [0.2, 0.25) is 10.0 Å². The van der Waals surface area contributed by atoms with Crippen molar-refractivity contribution >= 4 is 27.3 Å². The molecule has 0 atom stereocenters. The fraction of sp³-hybridized carbons (Fsp3) is 0.278. The molecule has 0 aliphatic heterocycles. The average molecular weight is 364 g/mol. The molecule has 2 aromatic rings. The Bertz CT molecular complexity index is 895. The number of rotatable bonds is 6. The second-order valence-corrected chi connectivity index (χ2v) is 7.66. The van der Waals surface area contributed by atoms with Crippen LogP contribution < -0.4 is 10.0 Å². The summed E-state index contributed by atoms with van der Waals surface area (Å²) in [4.78, 5) is 12.3. The van der Waals surface area contributed by atoms with Gasteiger partial charge in [0.1, 0.15) is 5.82 Å². The number of aryl methyl sites for hydroxylation is 1. The van der Waals surface area contributed by atoms with E-state index in [1.54, 1.807) is 39.0 Å². The number of anilines is 2. The average Bonchev–Trinajstić information content (AvgIpc) is 2.53. The maximum Gasteiger partial charge on any atom is 0.255 e. The maximum absolute atomic E-state index is 13.6. The van der Waals surface area contributed by atoms with Crippen molar-refractivity contribution in [2.24, 2.45) is 0 Å². The van der Waals surface area contributed by atoms with Gasteiger partial charge in [0.25, 0.3) is 5.91 Å². The van der Waals surface area contributed by atoms with Gasteiger partial charge in [-0.25, -0.2) is 12.8 Å². The van der Waals surface area contributed by atoms with Crippen LogP contribution in [0.1, 0.15) is 34.8 Å². The number of carbonyl (C=O) groups excluding carboxylic acids is 1. The summed E-state index contributed by atoms with van der Waals surface area (Å²) >= 11 is 0. The molecule has 2 N–H and O–H groups in total. The number of amides is 1. The summed E-state index contributed by atoms with van der Waals surface area (Å²) in [6.07, 6.45) is 0.504. The lowest BCUT2D eigenvalue weighted by Gasteiger charge is -2.14. The molecule has 2 rings (SSSR count). The number of sulfonamides is 1.